The molecule has 0 radical (unpaired) electrons. The van der Waals surface area contributed by atoms with Gasteiger partial charge in [0.05, 0.1) is 5.69 Å². The van der Waals surface area contributed by atoms with E-state index >= 15 is 0 Å². The van der Waals surface area contributed by atoms with Crippen molar-refractivity contribution in [1.82, 2.24) is 4.57 Å². The molecular formula is C13H10N2O2. The summed E-state index contributed by atoms with van der Waals surface area (Å²) >= 11 is 0. The number of nitrogens with zero attached hydrogens (tertiary/aromatic N) is 2. The minimum atomic E-state index is -0.504. The van der Waals surface area contributed by atoms with Crippen molar-refractivity contribution in [3.8, 4) is 17.6 Å². The Morgan fingerprint density at radius 3 is 2.53 bits per heavy atom. The molecule has 0 amide bonds. The molecule has 0 unspecified atom stereocenters. The Hall–Kier alpha value is -2.54. The Balaban J connectivity index is 2.81. The molecular weight excluding hydrogens is 216 g/mol. The molecule has 1 aromatic carbocycles. The van der Waals surface area contributed by atoms with Gasteiger partial charge < -0.3 is 5.11 Å². The molecule has 84 valence electrons. The van der Waals surface area contributed by atoms with Gasteiger partial charge in [0.2, 0.25) is 0 Å². The van der Waals surface area contributed by atoms with Crippen LogP contribution in [0.25, 0.3) is 5.69 Å². The van der Waals surface area contributed by atoms with E-state index in [9.17, 15) is 9.90 Å². The molecule has 0 atom stereocenters. The number of rotatable bonds is 1. The van der Waals surface area contributed by atoms with Gasteiger partial charge in [-0.3, -0.25) is 4.79 Å². The van der Waals surface area contributed by atoms with Crippen LogP contribution in [0.1, 0.15) is 11.1 Å². The number of aryl methyl sites for hydroxylation is 1. The summed E-state index contributed by atoms with van der Waals surface area (Å²) in [5, 5.41) is 18.7. The van der Waals surface area contributed by atoms with E-state index in [0.717, 1.165) is 4.57 Å². The summed E-state index contributed by atoms with van der Waals surface area (Å²) < 4.78 is 1.12. The molecule has 4 nitrogen and oxygen atoms in total. The molecule has 1 N–H and O–H groups in total. The second-order valence-electron chi connectivity index (χ2n) is 3.65. The molecule has 0 saturated carbocycles. The lowest BCUT2D eigenvalue weighted by molar-refractivity contribution is 0.434. The fourth-order valence-electron chi connectivity index (χ4n) is 1.68. The van der Waals surface area contributed by atoms with E-state index < -0.39 is 5.56 Å². The standard InChI is InChI=1S/C13H10N2O2/c1-9-7-12(16)15(13(17)11(9)8-14)10-5-3-2-4-6-10/h2-7,16H,1H3. The first-order chi connectivity index (χ1) is 8.15. The zero-order valence-corrected chi connectivity index (χ0v) is 9.21. The molecule has 17 heavy (non-hydrogen) atoms. The lowest BCUT2D eigenvalue weighted by Gasteiger charge is -2.09. The molecule has 0 aliphatic heterocycles. The van der Waals surface area contributed by atoms with Crippen molar-refractivity contribution >= 4 is 0 Å². The van der Waals surface area contributed by atoms with Crippen molar-refractivity contribution < 1.29 is 5.11 Å². The van der Waals surface area contributed by atoms with Crippen LogP contribution in [0.2, 0.25) is 0 Å². The van der Waals surface area contributed by atoms with Crippen LogP contribution >= 0.6 is 0 Å². The zero-order chi connectivity index (χ0) is 12.4. The normalized spacial score (nSPS) is 9.88. The van der Waals surface area contributed by atoms with Crippen LogP contribution in [0.15, 0.2) is 41.2 Å². The maximum absolute atomic E-state index is 12.0. The second kappa shape index (κ2) is 4.14. The summed E-state index contributed by atoms with van der Waals surface area (Å²) in [5.74, 6) is -0.169. The van der Waals surface area contributed by atoms with Crippen LogP contribution < -0.4 is 5.56 Å². The average molecular weight is 226 g/mol. The summed E-state index contributed by atoms with van der Waals surface area (Å²) in [6.45, 7) is 1.62. The highest BCUT2D eigenvalue weighted by molar-refractivity contribution is 5.44. The van der Waals surface area contributed by atoms with Crippen LogP contribution in [0.4, 0.5) is 0 Å². The SMILES string of the molecule is Cc1cc(O)n(-c2ccccc2)c(=O)c1C#N. The summed E-state index contributed by atoms with van der Waals surface area (Å²) in [5.41, 5.74) is 0.552. The Labute approximate surface area is 98.0 Å². The molecule has 0 saturated heterocycles. The summed E-state index contributed by atoms with van der Waals surface area (Å²) in [7, 11) is 0. The molecule has 2 rings (SSSR count). The minimum absolute atomic E-state index is 0.0478. The number of pyridine rings is 1. The molecule has 0 fully saturated rings. The third kappa shape index (κ3) is 1.79. The van der Waals surface area contributed by atoms with E-state index in [1.54, 1.807) is 31.2 Å². The number of aromatic hydroxyl groups is 1. The van der Waals surface area contributed by atoms with Crippen molar-refractivity contribution in [1.29, 1.82) is 5.26 Å². The van der Waals surface area contributed by atoms with E-state index in [1.807, 2.05) is 12.1 Å². The zero-order valence-electron chi connectivity index (χ0n) is 9.21. The number of aromatic nitrogens is 1. The predicted molar refractivity (Wildman–Crippen MR) is 63.2 cm³/mol. The highest BCUT2D eigenvalue weighted by Crippen LogP contribution is 2.16. The molecule has 0 spiro atoms. The largest absolute Gasteiger partial charge is 0.494 e. The Morgan fingerprint density at radius 2 is 1.94 bits per heavy atom. The van der Waals surface area contributed by atoms with E-state index in [2.05, 4.69) is 0 Å². The predicted octanol–water partition coefficient (Wildman–Crippen LogP) is 1.72. The maximum Gasteiger partial charge on any atom is 0.276 e. The van der Waals surface area contributed by atoms with E-state index in [4.69, 9.17) is 5.26 Å². The van der Waals surface area contributed by atoms with Gasteiger partial charge in [0.25, 0.3) is 5.56 Å². The number of hydrogen-bond acceptors (Lipinski definition) is 3. The minimum Gasteiger partial charge on any atom is -0.494 e. The Bertz CT molecular complexity index is 652. The topological polar surface area (TPSA) is 66.0 Å². The lowest BCUT2D eigenvalue weighted by atomic mass is 10.1. The fourth-order valence-corrected chi connectivity index (χ4v) is 1.68. The molecule has 1 heterocycles. The first kappa shape index (κ1) is 11.0. The molecule has 0 bridgehead atoms. The monoisotopic (exact) mass is 226 g/mol. The lowest BCUT2D eigenvalue weighted by Crippen LogP contribution is -2.21. The third-order valence-electron chi connectivity index (χ3n) is 2.51. The van der Waals surface area contributed by atoms with Gasteiger partial charge in [-0.15, -0.1) is 0 Å². The van der Waals surface area contributed by atoms with Crippen molar-refractivity contribution in [2.24, 2.45) is 0 Å². The van der Waals surface area contributed by atoms with Crippen LogP contribution in [0, 0.1) is 18.3 Å². The second-order valence-corrected chi connectivity index (χ2v) is 3.65. The number of para-hydroxylation sites is 1. The van der Waals surface area contributed by atoms with Crippen LogP contribution in [0.3, 0.4) is 0 Å². The average Bonchev–Trinajstić information content (AvgIpc) is 2.30. The van der Waals surface area contributed by atoms with Crippen molar-refractivity contribution in [2.75, 3.05) is 0 Å². The van der Waals surface area contributed by atoms with Gasteiger partial charge in [0, 0.05) is 6.07 Å². The highest BCUT2D eigenvalue weighted by Gasteiger charge is 2.12. The quantitative estimate of drug-likeness (QED) is 0.805. The van der Waals surface area contributed by atoms with Gasteiger partial charge in [-0.2, -0.15) is 5.26 Å². The van der Waals surface area contributed by atoms with Crippen LogP contribution in [-0.4, -0.2) is 9.67 Å². The summed E-state index contributed by atoms with van der Waals surface area (Å²) in [4.78, 5) is 12.0. The molecule has 2 aromatic rings. The summed E-state index contributed by atoms with van der Waals surface area (Å²) in [6, 6.07) is 12.0. The Morgan fingerprint density at radius 1 is 1.29 bits per heavy atom. The summed E-state index contributed by atoms with van der Waals surface area (Å²) in [6.07, 6.45) is 0. The van der Waals surface area contributed by atoms with Gasteiger partial charge in [-0.1, -0.05) is 18.2 Å². The van der Waals surface area contributed by atoms with Crippen molar-refractivity contribution in [3.63, 3.8) is 0 Å². The fraction of sp³-hybridized carbons (Fsp3) is 0.0769. The van der Waals surface area contributed by atoms with E-state index in [0.29, 0.717) is 11.3 Å². The smallest absolute Gasteiger partial charge is 0.276 e. The van der Waals surface area contributed by atoms with Crippen molar-refractivity contribution in [2.45, 2.75) is 6.92 Å². The van der Waals surface area contributed by atoms with Crippen molar-refractivity contribution in [3.05, 3.63) is 57.9 Å². The van der Waals surface area contributed by atoms with Gasteiger partial charge in [-0.05, 0) is 24.6 Å². The highest BCUT2D eigenvalue weighted by atomic mass is 16.3. The van der Waals surface area contributed by atoms with Gasteiger partial charge in [0.15, 0.2) is 5.88 Å². The van der Waals surface area contributed by atoms with Gasteiger partial charge in [-0.25, -0.2) is 4.57 Å². The van der Waals surface area contributed by atoms with Crippen LogP contribution in [-0.2, 0) is 0 Å². The maximum atomic E-state index is 12.0. The molecule has 1 aromatic heterocycles. The number of benzene rings is 1. The Kier molecular flexibility index (Phi) is 2.67. The van der Waals surface area contributed by atoms with Gasteiger partial charge >= 0.3 is 0 Å². The van der Waals surface area contributed by atoms with E-state index in [-0.39, 0.29) is 11.4 Å². The third-order valence-corrected chi connectivity index (χ3v) is 2.51. The van der Waals surface area contributed by atoms with E-state index in [1.165, 1.54) is 6.07 Å². The first-order valence-electron chi connectivity index (χ1n) is 5.06. The van der Waals surface area contributed by atoms with Crippen LogP contribution in [0.5, 0.6) is 5.88 Å². The number of hydrogen-bond donors (Lipinski definition) is 1. The number of nitriles is 1. The molecule has 0 aliphatic carbocycles. The molecule has 0 aliphatic rings. The van der Waals surface area contributed by atoms with Gasteiger partial charge in [0.1, 0.15) is 11.6 Å². The molecule has 4 heteroatoms. The first-order valence-corrected chi connectivity index (χ1v) is 5.06.